The van der Waals surface area contributed by atoms with Gasteiger partial charge in [0.25, 0.3) is 0 Å². The first kappa shape index (κ1) is 20.3. The Labute approximate surface area is 156 Å². The zero-order valence-electron chi connectivity index (χ0n) is 16.0. The summed E-state index contributed by atoms with van der Waals surface area (Å²) in [6.07, 6.45) is 4.61. The van der Waals surface area contributed by atoms with E-state index in [2.05, 4.69) is 22.5 Å². The van der Waals surface area contributed by atoms with Crippen molar-refractivity contribution in [2.75, 3.05) is 30.3 Å². The molecule has 8 heteroatoms. The number of aromatic nitrogens is 2. The van der Waals surface area contributed by atoms with Gasteiger partial charge < -0.3 is 15.2 Å². The fraction of sp³-hybridized carbons (Fsp3) is 0.500. The topological polar surface area (TPSA) is 79.3 Å². The van der Waals surface area contributed by atoms with E-state index in [1.807, 2.05) is 37.7 Å². The monoisotopic (exact) mass is 379 g/mol. The van der Waals surface area contributed by atoms with Crippen LogP contribution in [-0.4, -0.2) is 41.9 Å². The molecule has 2 rings (SSSR count). The molecule has 0 aliphatic carbocycles. The lowest BCUT2D eigenvalue weighted by Crippen LogP contribution is -2.30. The maximum absolute atomic E-state index is 12.8. The number of imidazole rings is 1. The maximum Gasteiger partial charge on any atom is 0.243 e. The van der Waals surface area contributed by atoms with Crippen molar-refractivity contribution >= 4 is 21.4 Å². The fourth-order valence-electron chi connectivity index (χ4n) is 2.70. The minimum atomic E-state index is -3.50. The summed E-state index contributed by atoms with van der Waals surface area (Å²) in [5.74, 6) is 0.878. The first-order valence-corrected chi connectivity index (χ1v) is 10.5. The van der Waals surface area contributed by atoms with Gasteiger partial charge in [0.15, 0.2) is 0 Å². The van der Waals surface area contributed by atoms with Crippen molar-refractivity contribution in [3.05, 3.63) is 36.4 Å². The number of nitrogens with zero attached hydrogens (tertiary/aromatic N) is 3. The summed E-state index contributed by atoms with van der Waals surface area (Å²) >= 11 is 0. The number of aryl methyl sites for hydroxylation is 1. The zero-order valence-corrected chi connectivity index (χ0v) is 16.8. The van der Waals surface area contributed by atoms with Crippen molar-refractivity contribution in [3.8, 4) is 0 Å². The van der Waals surface area contributed by atoms with E-state index >= 15 is 0 Å². The van der Waals surface area contributed by atoms with Crippen LogP contribution >= 0.6 is 0 Å². The largest absolute Gasteiger partial charge is 0.383 e. The molecule has 2 aromatic rings. The van der Waals surface area contributed by atoms with Crippen molar-refractivity contribution < 1.29 is 8.42 Å². The summed E-state index contributed by atoms with van der Waals surface area (Å²) in [5, 5.41) is 6.67. The molecule has 0 saturated carbocycles. The van der Waals surface area contributed by atoms with Gasteiger partial charge in [0.05, 0.1) is 22.8 Å². The quantitative estimate of drug-likeness (QED) is 0.664. The molecular weight excluding hydrogens is 350 g/mol. The average molecular weight is 380 g/mol. The van der Waals surface area contributed by atoms with Crippen LogP contribution in [0.3, 0.4) is 0 Å². The summed E-state index contributed by atoms with van der Waals surface area (Å²) < 4.78 is 29.0. The first-order valence-electron chi connectivity index (χ1n) is 9.02. The van der Waals surface area contributed by atoms with Gasteiger partial charge in [0.1, 0.15) is 5.82 Å². The molecule has 1 aromatic heterocycles. The Hall–Kier alpha value is -2.06. The van der Waals surface area contributed by atoms with Crippen LogP contribution in [0.1, 0.15) is 33.0 Å². The molecule has 26 heavy (non-hydrogen) atoms. The molecule has 0 atom stereocenters. The molecule has 2 N–H and O–H groups in total. The lowest BCUT2D eigenvalue weighted by molar-refractivity contribution is 0.445. The van der Waals surface area contributed by atoms with E-state index in [0.717, 1.165) is 30.2 Å². The van der Waals surface area contributed by atoms with E-state index in [9.17, 15) is 8.42 Å². The minimum absolute atomic E-state index is 0.297. The second-order valence-electron chi connectivity index (χ2n) is 6.03. The molecule has 0 unspecified atom stereocenters. The number of rotatable bonds is 10. The molecule has 7 nitrogen and oxygen atoms in total. The average Bonchev–Trinajstić information content (AvgIpc) is 3.04. The molecular formula is C18H29N5O2S. The molecule has 1 aromatic carbocycles. The molecule has 1 heterocycles. The molecule has 0 aliphatic rings. The number of hydrogen-bond acceptors (Lipinski definition) is 5. The van der Waals surface area contributed by atoms with Gasteiger partial charge >= 0.3 is 0 Å². The Morgan fingerprint density at radius 1 is 1.12 bits per heavy atom. The third-order valence-corrected chi connectivity index (χ3v) is 6.30. The SMILES string of the molecule is CCCNc1ccc(S(=O)(=O)N(CC)CC)cc1NCc1nccn1C. The van der Waals surface area contributed by atoms with Crippen molar-refractivity contribution in [1.29, 1.82) is 0 Å². The lowest BCUT2D eigenvalue weighted by atomic mass is 10.2. The first-order chi connectivity index (χ1) is 12.4. The smallest absolute Gasteiger partial charge is 0.243 e. The van der Waals surface area contributed by atoms with Crippen LogP contribution < -0.4 is 10.6 Å². The minimum Gasteiger partial charge on any atom is -0.383 e. The molecule has 0 aliphatic heterocycles. The Kier molecular flexibility index (Phi) is 7.05. The lowest BCUT2D eigenvalue weighted by Gasteiger charge is -2.20. The van der Waals surface area contributed by atoms with Gasteiger partial charge in [0.2, 0.25) is 10.0 Å². The summed E-state index contributed by atoms with van der Waals surface area (Å²) in [7, 11) is -1.56. The number of hydrogen-bond donors (Lipinski definition) is 2. The van der Waals surface area contributed by atoms with Crippen molar-refractivity contribution in [1.82, 2.24) is 13.9 Å². The third kappa shape index (κ3) is 4.56. The molecule has 0 bridgehead atoms. The molecule has 0 fully saturated rings. The van der Waals surface area contributed by atoms with E-state index in [0.29, 0.717) is 24.5 Å². The van der Waals surface area contributed by atoms with E-state index in [1.54, 1.807) is 18.3 Å². The van der Waals surface area contributed by atoms with Gasteiger partial charge in [-0.05, 0) is 24.6 Å². The number of nitrogens with one attached hydrogen (secondary N) is 2. The second-order valence-corrected chi connectivity index (χ2v) is 7.97. The van der Waals surface area contributed by atoms with Crippen molar-refractivity contribution in [2.24, 2.45) is 7.05 Å². The molecule has 0 spiro atoms. The van der Waals surface area contributed by atoms with Crippen LogP contribution in [0.5, 0.6) is 0 Å². The van der Waals surface area contributed by atoms with E-state index in [-0.39, 0.29) is 0 Å². The van der Waals surface area contributed by atoms with Gasteiger partial charge in [0, 0.05) is 39.1 Å². The highest BCUT2D eigenvalue weighted by Gasteiger charge is 2.22. The summed E-state index contributed by atoms with van der Waals surface area (Å²) in [6, 6.07) is 5.19. The predicted octanol–water partition coefficient (Wildman–Crippen LogP) is 2.88. The highest BCUT2D eigenvalue weighted by atomic mass is 32.2. The Morgan fingerprint density at radius 3 is 2.42 bits per heavy atom. The van der Waals surface area contributed by atoms with Gasteiger partial charge in [-0.15, -0.1) is 0 Å². The normalized spacial score (nSPS) is 11.7. The highest BCUT2D eigenvalue weighted by Crippen LogP contribution is 2.27. The summed E-state index contributed by atoms with van der Waals surface area (Å²) in [4.78, 5) is 4.60. The Bertz CT molecular complexity index is 813. The van der Waals surface area contributed by atoms with Crippen LogP contribution in [0.2, 0.25) is 0 Å². The zero-order chi connectivity index (χ0) is 19.2. The van der Waals surface area contributed by atoms with Crippen LogP contribution in [0.4, 0.5) is 11.4 Å². The standard InChI is InChI=1S/C18H29N5O2S/c1-5-10-19-16-9-8-15(26(24,25)23(6-2)7-3)13-17(16)21-14-18-20-11-12-22(18)4/h8-9,11-13,19,21H,5-7,10,14H2,1-4H3. The van der Waals surface area contributed by atoms with Crippen LogP contribution in [0.15, 0.2) is 35.5 Å². The Balaban J connectivity index is 2.33. The van der Waals surface area contributed by atoms with Crippen LogP contribution in [0, 0.1) is 0 Å². The molecule has 0 radical (unpaired) electrons. The predicted molar refractivity (Wildman–Crippen MR) is 106 cm³/mol. The number of anilines is 2. The van der Waals surface area contributed by atoms with E-state index in [4.69, 9.17) is 0 Å². The van der Waals surface area contributed by atoms with E-state index in [1.165, 1.54) is 4.31 Å². The third-order valence-electron chi connectivity index (χ3n) is 4.26. The van der Waals surface area contributed by atoms with Crippen molar-refractivity contribution in [2.45, 2.75) is 38.6 Å². The van der Waals surface area contributed by atoms with Crippen LogP contribution in [-0.2, 0) is 23.6 Å². The molecule has 144 valence electrons. The fourth-order valence-corrected chi connectivity index (χ4v) is 4.18. The Morgan fingerprint density at radius 2 is 1.85 bits per heavy atom. The van der Waals surface area contributed by atoms with E-state index < -0.39 is 10.0 Å². The van der Waals surface area contributed by atoms with Gasteiger partial charge in [-0.2, -0.15) is 4.31 Å². The highest BCUT2D eigenvalue weighted by molar-refractivity contribution is 7.89. The summed E-state index contributed by atoms with van der Waals surface area (Å²) in [5.41, 5.74) is 1.65. The van der Waals surface area contributed by atoms with Gasteiger partial charge in [-0.25, -0.2) is 13.4 Å². The van der Waals surface area contributed by atoms with Gasteiger partial charge in [-0.3, -0.25) is 0 Å². The molecule has 0 saturated heterocycles. The van der Waals surface area contributed by atoms with Crippen molar-refractivity contribution in [3.63, 3.8) is 0 Å². The number of sulfonamides is 1. The maximum atomic E-state index is 12.8. The van der Waals surface area contributed by atoms with Gasteiger partial charge in [-0.1, -0.05) is 20.8 Å². The molecule has 0 amide bonds. The summed E-state index contributed by atoms with van der Waals surface area (Å²) in [6.45, 7) is 8.01. The second kappa shape index (κ2) is 9.05. The van der Waals surface area contributed by atoms with Crippen LogP contribution in [0.25, 0.3) is 0 Å². The number of benzene rings is 1.